The van der Waals surface area contributed by atoms with Gasteiger partial charge in [-0.2, -0.15) is 4.98 Å². The van der Waals surface area contributed by atoms with Crippen LogP contribution in [0.2, 0.25) is 0 Å². The van der Waals surface area contributed by atoms with Crippen molar-refractivity contribution in [2.24, 2.45) is 0 Å². The van der Waals surface area contributed by atoms with Gasteiger partial charge >= 0.3 is 5.97 Å². The Hall–Kier alpha value is -3.74. The summed E-state index contributed by atoms with van der Waals surface area (Å²) in [4.78, 5) is 14.8. The van der Waals surface area contributed by atoms with Crippen molar-refractivity contribution in [1.29, 1.82) is 0 Å². The molecule has 0 saturated carbocycles. The summed E-state index contributed by atoms with van der Waals surface area (Å²) in [6.45, 7) is -0.245. The van der Waals surface area contributed by atoms with Crippen LogP contribution in [0.5, 0.6) is 28.9 Å². The summed E-state index contributed by atoms with van der Waals surface area (Å²) in [6, 6.07) is 18.6. The molecular weight excluding hydrogens is 336 g/mol. The Balaban J connectivity index is 1.75. The third kappa shape index (κ3) is 4.64. The summed E-state index contributed by atoms with van der Waals surface area (Å²) in [5.74, 6) is 0.884. The molecule has 0 bridgehead atoms. The molecule has 0 aliphatic carbocycles. The monoisotopic (exact) mass is 352 g/mol. The minimum Gasteiger partial charge on any atom is -0.504 e. The van der Waals surface area contributed by atoms with Crippen molar-refractivity contribution in [3.63, 3.8) is 0 Å². The Kier molecular flexibility index (Phi) is 5.19. The number of aromatic hydroxyl groups is 1. The number of pyridine rings is 1. The predicted molar refractivity (Wildman–Crippen MR) is 95.1 cm³/mol. The van der Waals surface area contributed by atoms with Gasteiger partial charge in [0, 0.05) is 12.1 Å². The maximum absolute atomic E-state index is 10.6. The summed E-state index contributed by atoms with van der Waals surface area (Å²) in [5, 5.41) is 21.3. The van der Waals surface area contributed by atoms with Crippen LogP contribution >= 0.6 is 0 Å². The third-order valence-electron chi connectivity index (χ3n) is 3.27. The summed E-state index contributed by atoms with van der Waals surface area (Å²) in [6.07, 6.45) is 0. The largest absolute Gasteiger partial charge is 0.504 e. The van der Waals surface area contributed by atoms with Gasteiger partial charge < -0.3 is 25.0 Å². The molecule has 2 aromatic carbocycles. The van der Waals surface area contributed by atoms with Crippen LogP contribution < -0.4 is 14.8 Å². The van der Waals surface area contributed by atoms with Gasteiger partial charge in [-0.05, 0) is 30.3 Å². The predicted octanol–water partition coefficient (Wildman–Crippen LogP) is 3.87. The van der Waals surface area contributed by atoms with E-state index in [4.69, 9.17) is 14.6 Å². The quantitative estimate of drug-likeness (QED) is 0.593. The molecule has 0 aliphatic heterocycles. The number of ether oxygens (including phenoxy) is 2. The standard InChI is InChI=1S/C19H16N2O5/c22-15-10-9-14(11-16(15)25-13-5-2-1-3-6-13)26-18-8-4-7-17(21-18)20-12-19(23)24/h1-11,22H,12H2,(H,20,21)(H,23,24). The van der Waals surface area contributed by atoms with Gasteiger partial charge in [0.05, 0.1) is 0 Å². The van der Waals surface area contributed by atoms with Gasteiger partial charge in [-0.25, -0.2) is 0 Å². The Labute approximate surface area is 149 Å². The number of aromatic nitrogens is 1. The average Bonchev–Trinajstić information content (AvgIpc) is 2.64. The van der Waals surface area contributed by atoms with Gasteiger partial charge in [0.2, 0.25) is 5.88 Å². The Morgan fingerprint density at radius 1 is 0.962 bits per heavy atom. The number of phenols is 1. The van der Waals surface area contributed by atoms with Crippen LogP contribution in [0.3, 0.4) is 0 Å². The zero-order valence-corrected chi connectivity index (χ0v) is 13.6. The van der Waals surface area contributed by atoms with E-state index in [1.807, 2.05) is 18.2 Å². The highest BCUT2D eigenvalue weighted by molar-refractivity contribution is 5.72. The molecule has 0 spiro atoms. The first-order valence-corrected chi connectivity index (χ1v) is 7.76. The number of hydrogen-bond donors (Lipinski definition) is 3. The average molecular weight is 352 g/mol. The molecule has 0 fully saturated rings. The normalized spacial score (nSPS) is 10.2. The number of carboxylic acid groups (broad SMARTS) is 1. The van der Waals surface area contributed by atoms with Crippen LogP contribution in [0.1, 0.15) is 0 Å². The topological polar surface area (TPSA) is 101 Å². The SMILES string of the molecule is O=C(O)CNc1cccc(Oc2ccc(O)c(Oc3ccccc3)c2)n1. The van der Waals surface area contributed by atoms with Crippen LogP contribution in [-0.2, 0) is 4.79 Å². The first-order valence-electron chi connectivity index (χ1n) is 7.76. The lowest BCUT2D eigenvalue weighted by molar-refractivity contribution is -0.134. The first kappa shape index (κ1) is 17.1. The van der Waals surface area contributed by atoms with Gasteiger partial charge in [-0.1, -0.05) is 24.3 Å². The van der Waals surface area contributed by atoms with Crippen molar-refractivity contribution >= 4 is 11.8 Å². The van der Waals surface area contributed by atoms with E-state index in [1.165, 1.54) is 6.07 Å². The number of rotatable bonds is 7. The lowest BCUT2D eigenvalue weighted by Gasteiger charge is -2.11. The molecule has 0 aliphatic rings. The molecule has 1 heterocycles. The number of nitrogens with one attached hydrogen (secondary N) is 1. The van der Waals surface area contributed by atoms with Crippen LogP contribution in [-0.4, -0.2) is 27.7 Å². The van der Waals surface area contributed by atoms with E-state index < -0.39 is 5.97 Å². The van der Waals surface area contributed by atoms with Crippen molar-refractivity contribution in [2.45, 2.75) is 0 Å². The minimum atomic E-state index is -0.987. The van der Waals surface area contributed by atoms with Gasteiger partial charge in [0.15, 0.2) is 11.5 Å². The zero-order chi connectivity index (χ0) is 18.4. The fourth-order valence-electron chi connectivity index (χ4n) is 2.11. The second-order valence-corrected chi connectivity index (χ2v) is 5.26. The van der Waals surface area contributed by atoms with Gasteiger partial charge in [0.25, 0.3) is 0 Å². The van der Waals surface area contributed by atoms with Crippen LogP contribution in [0.15, 0.2) is 66.7 Å². The fraction of sp³-hybridized carbons (Fsp3) is 0.0526. The maximum atomic E-state index is 10.6. The number of carboxylic acids is 1. The number of para-hydroxylation sites is 1. The molecule has 1 aromatic heterocycles. The number of phenolic OH excluding ortho intramolecular Hbond substituents is 1. The Morgan fingerprint density at radius 3 is 2.54 bits per heavy atom. The summed E-state index contributed by atoms with van der Waals surface area (Å²) < 4.78 is 11.3. The highest BCUT2D eigenvalue weighted by atomic mass is 16.5. The molecule has 0 unspecified atom stereocenters. The molecule has 26 heavy (non-hydrogen) atoms. The lowest BCUT2D eigenvalue weighted by atomic mass is 10.3. The highest BCUT2D eigenvalue weighted by Crippen LogP contribution is 2.35. The van der Waals surface area contributed by atoms with Crippen LogP contribution in [0.25, 0.3) is 0 Å². The van der Waals surface area contributed by atoms with Crippen molar-refractivity contribution < 1.29 is 24.5 Å². The second kappa shape index (κ2) is 7.89. The molecule has 7 heteroatoms. The van der Waals surface area contributed by atoms with E-state index in [9.17, 15) is 9.90 Å². The molecule has 132 valence electrons. The van der Waals surface area contributed by atoms with Crippen molar-refractivity contribution in [3.05, 3.63) is 66.7 Å². The molecule has 3 rings (SSSR count). The first-order chi connectivity index (χ1) is 12.6. The number of anilines is 1. The Morgan fingerprint density at radius 2 is 1.77 bits per heavy atom. The lowest BCUT2D eigenvalue weighted by Crippen LogP contribution is -2.13. The number of hydrogen-bond acceptors (Lipinski definition) is 6. The summed E-state index contributed by atoms with van der Waals surface area (Å²) in [5.41, 5.74) is 0. The van der Waals surface area contributed by atoms with Gasteiger partial charge in [-0.15, -0.1) is 0 Å². The minimum absolute atomic E-state index is 0.0222. The van der Waals surface area contributed by atoms with E-state index >= 15 is 0 Å². The molecule has 3 N–H and O–H groups in total. The molecule has 7 nitrogen and oxygen atoms in total. The third-order valence-corrected chi connectivity index (χ3v) is 3.27. The zero-order valence-electron chi connectivity index (χ0n) is 13.6. The van der Waals surface area contributed by atoms with Crippen molar-refractivity contribution in [2.75, 3.05) is 11.9 Å². The fourth-order valence-corrected chi connectivity index (χ4v) is 2.11. The molecule has 0 radical (unpaired) electrons. The second-order valence-electron chi connectivity index (χ2n) is 5.26. The van der Waals surface area contributed by atoms with E-state index in [1.54, 1.807) is 42.5 Å². The van der Waals surface area contributed by atoms with Crippen LogP contribution in [0.4, 0.5) is 5.82 Å². The smallest absolute Gasteiger partial charge is 0.322 e. The van der Waals surface area contributed by atoms with E-state index in [0.29, 0.717) is 17.3 Å². The molecule has 0 amide bonds. The van der Waals surface area contributed by atoms with Crippen molar-refractivity contribution in [3.8, 4) is 28.9 Å². The molecular formula is C19H16N2O5. The number of carbonyl (C=O) groups is 1. The Bertz CT molecular complexity index is 899. The van der Waals surface area contributed by atoms with E-state index in [2.05, 4.69) is 10.3 Å². The molecule has 0 saturated heterocycles. The molecule has 0 atom stereocenters. The van der Waals surface area contributed by atoms with Crippen molar-refractivity contribution in [1.82, 2.24) is 4.98 Å². The highest BCUT2D eigenvalue weighted by Gasteiger charge is 2.08. The summed E-state index contributed by atoms with van der Waals surface area (Å²) >= 11 is 0. The van der Waals surface area contributed by atoms with Gasteiger partial charge in [-0.3, -0.25) is 4.79 Å². The van der Waals surface area contributed by atoms with Gasteiger partial charge in [0.1, 0.15) is 23.9 Å². The van der Waals surface area contributed by atoms with E-state index in [-0.39, 0.29) is 23.9 Å². The van der Waals surface area contributed by atoms with E-state index in [0.717, 1.165) is 0 Å². The number of benzene rings is 2. The number of aliphatic carboxylic acids is 1. The maximum Gasteiger partial charge on any atom is 0.322 e. The summed E-state index contributed by atoms with van der Waals surface area (Å²) in [7, 11) is 0. The van der Waals surface area contributed by atoms with Crippen LogP contribution in [0, 0.1) is 0 Å². The molecule has 3 aromatic rings. The number of nitrogens with zero attached hydrogens (tertiary/aromatic N) is 1.